The van der Waals surface area contributed by atoms with Gasteiger partial charge in [0, 0.05) is 4.70 Å². The van der Waals surface area contributed by atoms with Crippen LogP contribution in [0.25, 0.3) is 10.1 Å². The normalized spacial score (nSPS) is 10.7. The van der Waals surface area contributed by atoms with Crippen molar-refractivity contribution in [2.45, 2.75) is 6.92 Å². The van der Waals surface area contributed by atoms with Crippen LogP contribution in [-0.2, 0) is 0 Å². The first-order valence-corrected chi connectivity index (χ1v) is 5.55. The number of hydrogen-bond donors (Lipinski definition) is 0. The molecule has 2 rings (SSSR count). The van der Waals surface area contributed by atoms with Crippen LogP contribution in [0.1, 0.15) is 5.56 Å². The highest BCUT2D eigenvalue weighted by molar-refractivity contribution is 9.11. The number of fused-ring (bicyclic) bond motifs is 1. The summed E-state index contributed by atoms with van der Waals surface area (Å²) in [4.78, 5) is 0. The number of hydrogen-bond acceptors (Lipinski definition) is 2. The summed E-state index contributed by atoms with van der Waals surface area (Å²) in [6.45, 7) is 2.10. The quantitative estimate of drug-likeness (QED) is 0.750. The molecule has 1 aromatic heterocycles. The van der Waals surface area contributed by atoms with Crippen LogP contribution in [0.15, 0.2) is 22.0 Å². The van der Waals surface area contributed by atoms with Crippen LogP contribution >= 0.6 is 27.3 Å². The lowest BCUT2D eigenvalue weighted by Gasteiger charge is -2.01. The van der Waals surface area contributed by atoms with Gasteiger partial charge in [0.1, 0.15) is 5.75 Å². The average molecular weight is 257 g/mol. The molecular weight excluding hydrogens is 248 g/mol. The summed E-state index contributed by atoms with van der Waals surface area (Å²) in [6, 6.07) is 6.27. The molecule has 0 aliphatic rings. The third-order valence-corrected chi connectivity index (χ3v) is 3.61. The van der Waals surface area contributed by atoms with Crippen LogP contribution in [0.4, 0.5) is 0 Å². The number of rotatable bonds is 1. The minimum absolute atomic E-state index is 0.930. The standard InChI is InChI=1S/C10H9BrOS/c1-6-3-7(12-2)4-9-8(6)5-10(11)13-9/h3-5H,1-2H3. The number of methoxy groups -OCH3 is 1. The lowest BCUT2D eigenvalue weighted by atomic mass is 10.1. The highest BCUT2D eigenvalue weighted by Crippen LogP contribution is 2.34. The molecule has 1 aromatic carbocycles. The number of thiophene rings is 1. The molecule has 0 aliphatic heterocycles. The Balaban J connectivity index is 2.75. The van der Waals surface area contributed by atoms with Gasteiger partial charge < -0.3 is 4.74 Å². The second-order valence-electron chi connectivity index (χ2n) is 2.91. The van der Waals surface area contributed by atoms with E-state index in [1.54, 1.807) is 18.4 Å². The zero-order chi connectivity index (χ0) is 9.42. The minimum atomic E-state index is 0.930. The Morgan fingerprint density at radius 2 is 2.08 bits per heavy atom. The summed E-state index contributed by atoms with van der Waals surface area (Å²) >= 11 is 5.22. The molecule has 3 heteroatoms. The van der Waals surface area contributed by atoms with Crippen molar-refractivity contribution in [1.29, 1.82) is 0 Å². The first-order valence-electron chi connectivity index (χ1n) is 3.94. The Kier molecular flexibility index (Phi) is 2.30. The van der Waals surface area contributed by atoms with Gasteiger partial charge in [0.25, 0.3) is 0 Å². The van der Waals surface area contributed by atoms with Crippen molar-refractivity contribution in [1.82, 2.24) is 0 Å². The van der Waals surface area contributed by atoms with Gasteiger partial charge in [0.05, 0.1) is 10.9 Å². The SMILES string of the molecule is COc1cc(C)c2cc(Br)sc2c1. The zero-order valence-corrected chi connectivity index (χ0v) is 9.83. The Hall–Kier alpha value is -0.540. The number of halogens is 1. The second-order valence-corrected chi connectivity index (χ2v) is 5.37. The van der Waals surface area contributed by atoms with Gasteiger partial charge in [-0.1, -0.05) is 0 Å². The van der Waals surface area contributed by atoms with Gasteiger partial charge in [-0.2, -0.15) is 0 Å². The van der Waals surface area contributed by atoms with Crippen LogP contribution < -0.4 is 4.74 Å². The van der Waals surface area contributed by atoms with Gasteiger partial charge in [-0.25, -0.2) is 0 Å². The molecule has 0 saturated carbocycles. The summed E-state index contributed by atoms with van der Waals surface area (Å²) in [5, 5.41) is 1.30. The number of benzene rings is 1. The monoisotopic (exact) mass is 256 g/mol. The Morgan fingerprint density at radius 3 is 2.77 bits per heavy atom. The summed E-state index contributed by atoms with van der Waals surface area (Å²) < 4.78 is 7.64. The molecule has 0 unspecified atom stereocenters. The van der Waals surface area contributed by atoms with E-state index in [1.807, 2.05) is 0 Å². The van der Waals surface area contributed by atoms with E-state index in [0.717, 1.165) is 5.75 Å². The Morgan fingerprint density at radius 1 is 1.31 bits per heavy atom. The van der Waals surface area contributed by atoms with E-state index in [9.17, 15) is 0 Å². The maximum Gasteiger partial charge on any atom is 0.120 e. The van der Waals surface area contributed by atoms with Gasteiger partial charge in [-0.15, -0.1) is 11.3 Å². The molecule has 2 aromatic rings. The van der Waals surface area contributed by atoms with E-state index in [0.29, 0.717) is 0 Å². The van der Waals surface area contributed by atoms with Crippen molar-refractivity contribution in [3.05, 3.63) is 27.5 Å². The third-order valence-electron chi connectivity index (χ3n) is 2.02. The fourth-order valence-corrected chi connectivity index (χ4v) is 3.01. The maximum absolute atomic E-state index is 5.20. The zero-order valence-electron chi connectivity index (χ0n) is 7.43. The molecule has 0 aliphatic carbocycles. The van der Waals surface area contributed by atoms with Crippen molar-refractivity contribution < 1.29 is 4.74 Å². The molecule has 1 heterocycles. The highest BCUT2D eigenvalue weighted by atomic mass is 79.9. The number of aryl methyl sites for hydroxylation is 1. The first-order chi connectivity index (χ1) is 6.20. The Labute approximate surface area is 89.5 Å². The third kappa shape index (κ3) is 1.58. The lowest BCUT2D eigenvalue weighted by Crippen LogP contribution is -1.82. The molecule has 0 amide bonds. The molecule has 0 spiro atoms. The molecule has 0 bridgehead atoms. The van der Waals surface area contributed by atoms with Gasteiger partial charge in [-0.05, 0) is 52.0 Å². The Bertz CT molecular complexity index is 447. The summed E-state index contributed by atoms with van der Waals surface area (Å²) in [6.07, 6.45) is 0. The van der Waals surface area contributed by atoms with Crippen molar-refractivity contribution in [2.24, 2.45) is 0 Å². The molecule has 13 heavy (non-hydrogen) atoms. The number of ether oxygens (including phenoxy) is 1. The molecule has 0 fully saturated rings. The molecule has 0 saturated heterocycles. The van der Waals surface area contributed by atoms with Gasteiger partial charge in [-0.3, -0.25) is 0 Å². The molecule has 0 atom stereocenters. The van der Waals surface area contributed by atoms with E-state index in [-0.39, 0.29) is 0 Å². The fourth-order valence-electron chi connectivity index (χ4n) is 1.37. The van der Waals surface area contributed by atoms with Crippen molar-refractivity contribution in [2.75, 3.05) is 7.11 Å². The van der Waals surface area contributed by atoms with E-state index in [1.165, 1.54) is 19.4 Å². The van der Waals surface area contributed by atoms with Crippen molar-refractivity contribution >= 4 is 37.4 Å². The van der Waals surface area contributed by atoms with Gasteiger partial charge in [0.15, 0.2) is 0 Å². The van der Waals surface area contributed by atoms with E-state index in [2.05, 4.69) is 41.1 Å². The van der Waals surface area contributed by atoms with Crippen LogP contribution in [-0.4, -0.2) is 7.11 Å². The largest absolute Gasteiger partial charge is 0.497 e. The van der Waals surface area contributed by atoms with Gasteiger partial charge in [0.2, 0.25) is 0 Å². The van der Waals surface area contributed by atoms with Crippen LogP contribution in [0.2, 0.25) is 0 Å². The molecular formula is C10H9BrOS. The average Bonchev–Trinajstić information content (AvgIpc) is 2.46. The predicted molar refractivity (Wildman–Crippen MR) is 60.8 cm³/mol. The van der Waals surface area contributed by atoms with Crippen molar-refractivity contribution in [3.8, 4) is 5.75 Å². The summed E-state index contributed by atoms with van der Waals surface area (Å²) in [7, 11) is 1.70. The van der Waals surface area contributed by atoms with Crippen LogP contribution in [0.5, 0.6) is 5.75 Å². The van der Waals surface area contributed by atoms with Crippen LogP contribution in [0.3, 0.4) is 0 Å². The lowest BCUT2D eigenvalue weighted by molar-refractivity contribution is 0.415. The second kappa shape index (κ2) is 3.31. The van der Waals surface area contributed by atoms with Crippen LogP contribution in [0, 0.1) is 6.92 Å². The van der Waals surface area contributed by atoms with Crippen molar-refractivity contribution in [3.63, 3.8) is 0 Å². The van der Waals surface area contributed by atoms with E-state index < -0.39 is 0 Å². The van der Waals surface area contributed by atoms with E-state index in [4.69, 9.17) is 4.74 Å². The fraction of sp³-hybridized carbons (Fsp3) is 0.200. The minimum Gasteiger partial charge on any atom is -0.497 e. The summed E-state index contributed by atoms with van der Waals surface area (Å²) in [5.41, 5.74) is 1.26. The van der Waals surface area contributed by atoms with E-state index >= 15 is 0 Å². The summed E-state index contributed by atoms with van der Waals surface area (Å²) in [5.74, 6) is 0.930. The maximum atomic E-state index is 5.20. The molecule has 0 N–H and O–H groups in total. The molecule has 1 nitrogen and oxygen atoms in total. The van der Waals surface area contributed by atoms with Gasteiger partial charge >= 0.3 is 0 Å². The highest BCUT2D eigenvalue weighted by Gasteiger charge is 2.04. The first kappa shape index (κ1) is 9.03. The smallest absolute Gasteiger partial charge is 0.120 e. The predicted octanol–water partition coefficient (Wildman–Crippen LogP) is 3.98. The topological polar surface area (TPSA) is 9.23 Å². The molecule has 0 radical (unpaired) electrons. The molecule has 68 valence electrons.